The van der Waals surface area contributed by atoms with E-state index < -0.39 is 16.9 Å². The Kier molecular flexibility index (Phi) is 5.60. The van der Waals surface area contributed by atoms with E-state index in [4.69, 9.17) is 10.8 Å². The standard InChI is InChI=1S/C11H14N2O4S/c12-9(11(14)15)7-18-6-5-8-3-1-2-4-10(8)13(16)17/h1-4,9H,5-7,12H2,(H,14,15)/t9-/m1/s1. The predicted octanol–water partition coefficient (Wildman–Crippen LogP) is 1.28. The first-order valence-corrected chi connectivity index (χ1v) is 6.46. The van der Waals surface area contributed by atoms with Crippen molar-refractivity contribution in [2.45, 2.75) is 12.5 Å². The largest absolute Gasteiger partial charge is 0.480 e. The molecular weight excluding hydrogens is 256 g/mol. The van der Waals surface area contributed by atoms with Crippen LogP contribution in [0.15, 0.2) is 24.3 Å². The molecule has 0 aromatic heterocycles. The molecule has 7 heteroatoms. The summed E-state index contributed by atoms with van der Waals surface area (Å²) in [4.78, 5) is 20.8. The van der Waals surface area contributed by atoms with Crippen LogP contribution in [0.4, 0.5) is 5.69 Å². The van der Waals surface area contributed by atoms with Crippen LogP contribution in [0.2, 0.25) is 0 Å². The molecule has 0 amide bonds. The normalized spacial score (nSPS) is 12.1. The number of rotatable bonds is 7. The number of carboxylic acids is 1. The van der Waals surface area contributed by atoms with Crippen LogP contribution in [0.1, 0.15) is 5.56 Å². The van der Waals surface area contributed by atoms with E-state index in [-0.39, 0.29) is 5.69 Å². The van der Waals surface area contributed by atoms with E-state index in [1.165, 1.54) is 17.8 Å². The molecule has 1 atom stereocenters. The smallest absolute Gasteiger partial charge is 0.321 e. The van der Waals surface area contributed by atoms with Crippen molar-refractivity contribution < 1.29 is 14.8 Å². The summed E-state index contributed by atoms with van der Waals surface area (Å²) in [5.41, 5.74) is 6.10. The lowest BCUT2D eigenvalue weighted by atomic mass is 10.1. The molecule has 0 heterocycles. The van der Waals surface area contributed by atoms with E-state index in [9.17, 15) is 14.9 Å². The zero-order valence-electron chi connectivity index (χ0n) is 9.61. The quantitative estimate of drug-likeness (QED) is 0.439. The first-order chi connectivity index (χ1) is 8.52. The lowest BCUT2D eigenvalue weighted by Gasteiger charge is -2.06. The number of nitrogens with two attached hydrogens (primary N) is 1. The fourth-order valence-electron chi connectivity index (χ4n) is 1.36. The molecule has 1 aromatic carbocycles. The van der Waals surface area contributed by atoms with Crippen molar-refractivity contribution in [2.75, 3.05) is 11.5 Å². The molecule has 1 aromatic rings. The molecule has 0 saturated heterocycles. The monoisotopic (exact) mass is 270 g/mol. The second-order valence-corrected chi connectivity index (χ2v) is 4.81. The third-order valence-electron chi connectivity index (χ3n) is 2.32. The number of carboxylic acid groups (broad SMARTS) is 1. The van der Waals surface area contributed by atoms with Crippen LogP contribution >= 0.6 is 11.8 Å². The molecular formula is C11H14N2O4S. The number of benzene rings is 1. The zero-order valence-corrected chi connectivity index (χ0v) is 10.4. The number of thioether (sulfide) groups is 1. The summed E-state index contributed by atoms with van der Waals surface area (Å²) >= 11 is 1.38. The Balaban J connectivity index is 2.45. The van der Waals surface area contributed by atoms with Gasteiger partial charge in [0.15, 0.2) is 0 Å². The van der Waals surface area contributed by atoms with Gasteiger partial charge in [-0.25, -0.2) is 0 Å². The average molecular weight is 270 g/mol. The van der Waals surface area contributed by atoms with Gasteiger partial charge in [0.2, 0.25) is 0 Å². The Bertz CT molecular complexity index is 439. The van der Waals surface area contributed by atoms with Gasteiger partial charge in [-0.05, 0) is 12.2 Å². The molecule has 0 bridgehead atoms. The van der Waals surface area contributed by atoms with Crippen LogP contribution in [0, 0.1) is 10.1 Å². The minimum Gasteiger partial charge on any atom is -0.480 e. The van der Waals surface area contributed by atoms with Crippen LogP contribution < -0.4 is 5.73 Å². The van der Waals surface area contributed by atoms with Crippen molar-refractivity contribution in [1.82, 2.24) is 0 Å². The summed E-state index contributed by atoms with van der Waals surface area (Å²) in [6.45, 7) is 0. The van der Waals surface area contributed by atoms with E-state index in [1.54, 1.807) is 18.2 Å². The van der Waals surface area contributed by atoms with Gasteiger partial charge < -0.3 is 10.8 Å². The summed E-state index contributed by atoms with van der Waals surface area (Å²) in [5.74, 6) is -0.130. The first kappa shape index (κ1) is 14.5. The van der Waals surface area contributed by atoms with E-state index in [0.717, 1.165) is 0 Å². The molecule has 98 valence electrons. The summed E-state index contributed by atoms with van der Waals surface area (Å²) in [7, 11) is 0. The van der Waals surface area contributed by atoms with Gasteiger partial charge in [-0.2, -0.15) is 11.8 Å². The van der Waals surface area contributed by atoms with Crippen LogP contribution in [0.3, 0.4) is 0 Å². The maximum atomic E-state index is 10.8. The van der Waals surface area contributed by atoms with Crippen molar-refractivity contribution in [2.24, 2.45) is 5.73 Å². The number of carbonyl (C=O) groups is 1. The highest BCUT2D eigenvalue weighted by Gasteiger charge is 2.13. The highest BCUT2D eigenvalue weighted by molar-refractivity contribution is 7.99. The van der Waals surface area contributed by atoms with Crippen LogP contribution in [-0.2, 0) is 11.2 Å². The van der Waals surface area contributed by atoms with Gasteiger partial charge in [-0.15, -0.1) is 0 Å². The Morgan fingerprint density at radius 3 is 2.78 bits per heavy atom. The lowest BCUT2D eigenvalue weighted by Crippen LogP contribution is -2.32. The van der Waals surface area contributed by atoms with Gasteiger partial charge in [0.05, 0.1) is 4.92 Å². The van der Waals surface area contributed by atoms with E-state index in [1.807, 2.05) is 0 Å². The maximum absolute atomic E-state index is 10.8. The number of hydrogen-bond donors (Lipinski definition) is 2. The summed E-state index contributed by atoms with van der Waals surface area (Å²) in [6, 6.07) is 5.64. The first-order valence-electron chi connectivity index (χ1n) is 5.30. The van der Waals surface area contributed by atoms with E-state index in [2.05, 4.69) is 0 Å². The predicted molar refractivity (Wildman–Crippen MR) is 69.7 cm³/mol. The van der Waals surface area contributed by atoms with Gasteiger partial charge in [0.25, 0.3) is 5.69 Å². The molecule has 0 aliphatic rings. The highest BCUT2D eigenvalue weighted by atomic mass is 32.2. The van der Waals surface area contributed by atoms with E-state index in [0.29, 0.717) is 23.5 Å². The third-order valence-corrected chi connectivity index (χ3v) is 3.41. The van der Waals surface area contributed by atoms with Gasteiger partial charge >= 0.3 is 5.97 Å². The molecule has 6 nitrogen and oxygen atoms in total. The number of aliphatic carboxylic acids is 1. The number of nitro groups is 1. The average Bonchev–Trinajstić information content (AvgIpc) is 2.34. The number of para-hydroxylation sites is 1. The Labute approximate surface area is 108 Å². The molecule has 0 radical (unpaired) electrons. The third kappa shape index (κ3) is 4.34. The molecule has 1 rings (SSSR count). The zero-order chi connectivity index (χ0) is 13.5. The SMILES string of the molecule is N[C@H](CSCCc1ccccc1[N+](=O)[O-])C(=O)O. The van der Waals surface area contributed by atoms with Crippen molar-refractivity contribution in [3.05, 3.63) is 39.9 Å². The Morgan fingerprint density at radius 1 is 1.50 bits per heavy atom. The molecule has 0 saturated carbocycles. The second-order valence-electron chi connectivity index (χ2n) is 3.66. The minimum atomic E-state index is -1.03. The molecule has 3 N–H and O–H groups in total. The Hall–Kier alpha value is -1.60. The number of nitro benzene ring substituents is 1. The number of aryl methyl sites for hydroxylation is 1. The van der Waals surface area contributed by atoms with Gasteiger partial charge in [-0.3, -0.25) is 14.9 Å². The molecule has 0 aliphatic heterocycles. The minimum absolute atomic E-state index is 0.0978. The van der Waals surface area contributed by atoms with Crippen LogP contribution in [0.5, 0.6) is 0 Å². The topological polar surface area (TPSA) is 106 Å². The number of nitrogens with zero attached hydrogens (tertiary/aromatic N) is 1. The van der Waals surface area contributed by atoms with Gasteiger partial charge in [0.1, 0.15) is 6.04 Å². The molecule has 0 unspecified atom stereocenters. The molecule has 0 spiro atoms. The summed E-state index contributed by atoms with van der Waals surface area (Å²) in [5, 5.41) is 19.3. The summed E-state index contributed by atoms with van der Waals surface area (Å²) in [6.07, 6.45) is 0.522. The lowest BCUT2D eigenvalue weighted by molar-refractivity contribution is -0.385. The second kappa shape index (κ2) is 6.97. The Morgan fingerprint density at radius 2 is 2.17 bits per heavy atom. The fraction of sp³-hybridized carbons (Fsp3) is 0.364. The van der Waals surface area contributed by atoms with Crippen molar-refractivity contribution in [3.8, 4) is 0 Å². The summed E-state index contributed by atoms with van der Waals surface area (Å²) < 4.78 is 0. The molecule has 0 aliphatic carbocycles. The van der Waals surface area contributed by atoms with Gasteiger partial charge in [0, 0.05) is 17.4 Å². The molecule has 0 fully saturated rings. The van der Waals surface area contributed by atoms with Crippen LogP contribution in [0.25, 0.3) is 0 Å². The number of hydrogen-bond acceptors (Lipinski definition) is 5. The van der Waals surface area contributed by atoms with Crippen molar-refractivity contribution in [1.29, 1.82) is 0 Å². The van der Waals surface area contributed by atoms with E-state index >= 15 is 0 Å². The maximum Gasteiger partial charge on any atom is 0.321 e. The molecule has 18 heavy (non-hydrogen) atoms. The fourth-order valence-corrected chi connectivity index (χ4v) is 2.29. The highest BCUT2D eigenvalue weighted by Crippen LogP contribution is 2.19. The van der Waals surface area contributed by atoms with Crippen molar-refractivity contribution >= 4 is 23.4 Å². The van der Waals surface area contributed by atoms with Crippen molar-refractivity contribution in [3.63, 3.8) is 0 Å². The van der Waals surface area contributed by atoms with Gasteiger partial charge in [-0.1, -0.05) is 18.2 Å². The van der Waals surface area contributed by atoms with Crippen LogP contribution in [-0.4, -0.2) is 33.5 Å².